The van der Waals surface area contributed by atoms with Gasteiger partial charge in [-0.3, -0.25) is 4.57 Å². The van der Waals surface area contributed by atoms with Crippen LogP contribution in [0.15, 0.2) is 5.38 Å². The molecular weight excluding hydrogens is 227 g/mol. The van der Waals surface area contributed by atoms with Gasteiger partial charge in [0.2, 0.25) is 0 Å². The molecule has 0 radical (unpaired) electrons. The van der Waals surface area contributed by atoms with E-state index in [0.717, 1.165) is 0 Å². The summed E-state index contributed by atoms with van der Waals surface area (Å²) in [5.41, 5.74) is 0. The second-order valence-electron chi connectivity index (χ2n) is 2.87. The maximum Gasteiger partial charge on any atom is 0.330 e. The number of fused-ring (bicyclic) bond motifs is 1. The average molecular weight is 236 g/mol. The number of thiophene rings is 1. The first-order chi connectivity index (χ1) is 6.56. The molecule has 2 rings (SSSR count). The van der Waals surface area contributed by atoms with Crippen LogP contribution in [0.25, 0.3) is 0 Å². The minimum atomic E-state index is -4.03. The Morgan fingerprint density at radius 3 is 2.86 bits per heavy atom. The lowest BCUT2D eigenvalue weighted by molar-refractivity contribution is 0.172. The van der Waals surface area contributed by atoms with E-state index in [1.54, 1.807) is 5.38 Å². The Balaban J connectivity index is 2.27. The van der Waals surface area contributed by atoms with E-state index < -0.39 is 7.60 Å². The van der Waals surface area contributed by atoms with Gasteiger partial charge in [0.15, 0.2) is 11.5 Å². The van der Waals surface area contributed by atoms with E-state index in [1.807, 2.05) is 0 Å². The van der Waals surface area contributed by atoms with Gasteiger partial charge in [0, 0.05) is 5.38 Å². The first-order valence-corrected chi connectivity index (χ1v) is 6.64. The van der Waals surface area contributed by atoms with Gasteiger partial charge in [-0.15, -0.1) is 11.3 Å². The van der Waals surface area contributed by atoms with Crippen LogP contribution >= 0.6 is 18.9 Å². The monoisotopic (exact) mass is 236 g/mol. The third-order valence-corrected chi connectivity index (χ3v) is 3.61. The van der Waals surface area contributed by atoms with Gasteiger partial charge in [-0.05, 0) is 0 Å². The topological polar surface area (TPSA) is 76.0 Å². The lowest BCUT2D eigenvalue weighted by Crippen LogP contribution is -2.14. The van der Waals surface area contributed by atoms with Gasteiger partial charge < -0.3 is 19.3 Å². The zero-order valence-corrected chi connectivity index (χ0v) is 8.88. The van der Waals surface area contributed by atoms with Crippen molar-refractivity contribution >= 4 is 18.9 Å². The predicted molar refractivity (Wildman–Crippen MR) is 51.1 cm³/mol. The number of ether oxygens (including phenoxy) is 2. The third kappa shape index (κ3) is 2.09. The van der Waals surface area contributed by atoms with Gasteiger partial charge in [-0.2, -0.15) is 0 Å². The molecule has 1 aliphatic rings. The molecule has 0 saturated carbocycles. The summed E-state index contributed by atoms with van der Waals surface area (Å²) in [6, 6.07) is 0. The summed E-state index contributed by atoms with van der Waals surface area (Å²) in [6.45, 7) is 0.914. The van der Waals surface area contributed by atoms with Crippen LogP contribution in [-0.2, 0) is 10.7 Å². The molecule has 2 heterocycles. The van der Waals surface area contributed by atoms with Crippen LogP contribution in [0.5, 0.6) is 11.5 Å². The molecule has 0 atom stereocenters. The van der Waals surface area contributed by atoms with Gasteiger partial charge in [-0.25, -0.2) is 0 Å². The van der Waals surface area contributed by atoms with Crippen molar-refractivity contribution in [2.75, 3.05) is 13.2 Å². The molecule has 0 aromatic carbocycles. The summed E-state index contributed by atoms with van der Waals surface area (Å²) >= 11 is 1.25. The summed E-state index contributed by atoms with van der Waals surface area (Å²) in [7, 11) is -4.03. The Labute approximate surface area is 84.4 Å². The van der Waals surface area contributed by atoms with Crippen LogP contribution < -0.4 is 9.47 Å². The largest absolute Gasteiger partial charge is 0.485 e. The quantitative estimate of drug-likeness (QED) is 0.754. The second-order valence-corrected chi connectivity index (χ2v) is 5.48. The van der Waals surface area contributed by atoms with Crippen molar-refractivity contribution in [3.63, 3.8) is 0 Å². The Kier molecular flexibility index (Phi) is 2.53. The lowest BCUT2D eigenvalue weighted by atomic mass is 10.4. The molecule has 1 aromatic heterocycles. The number of hydrogen-bond donors (Lipinski definition) is 2. The van der Waals surface area contributed by atoms with E-state index in [1.165, 1.54) is 11.3 Å². The summed E-state index contributed by atoms with van der Waals surface area (Å²) in [5, 5.41) is 1.71. The van der Waals surface area contributed by atoms with Gasteiger partial charge in [0.25, 0.3) is 0 Å². The molecule has 7 heteroatoms. The molecule has 0 spiro atoms. The molecular formula is C7H9O5PS. The fourth-order valence-electron chi connectivity index (χ4n) is 1.21. The van der Waals surface area contributed by atoms with Crippen LogP contribution in [0.3, 0.4) is 0 Å². The van der Waals surface area contributed by atoms with Gasteiger partial charge in [0.05, 0.1) is 11.0 Å². The Morgan fingerprint density at radius 2 is 2.14 bits per heavy atom. The van der Waals surface area contributed by atoms with Gasteiger partial charge in [0.1, 0.15) is 13.2 Å². The van der Waals surface area contributed by atoms with E-state index in [0.29, 0.717) is 29.6 Å². The van der Waals surface area contributed by atoms with Crippen molar-refractivity contribution in [2.24, 2.45) is 0 Å². The van der Waals surface area contributed by atoms with Gasteiger partial charge in [-0.1, -0.05) is 0 Å². The summed E-state index contributed by atoms with van der Waals surface area (Å²) < 4.78 is 21.3. The molecule has 1 aliphatic heterocycles. The second kappa shape index (κ2) is 3.55. The SMILES string of the molecule is O=P(O)(O)Cc1scc2c1OCCO2. The van der Waals surface area contributed by atoms with Crippen molar-refractivity contribution in [3.8, 4) is 11.5 Å². The highest BCUT2D eigenvalue weighted by molar-refractivity contribution is 7.51. The smallest absolute Gasteiger partial charge is 0.330 e. The van der Waals surface area contributed by atoms with Gasteiger partial charge >= 0.3 is 7.60 Å². The summed E-state index contributed by atoms with van der Waals surface area (Å²) in [6.07, 6.45) is -0.281. The van der Waals surface area contributed by atoms with E-state index in [9.17, 15) is 4.57 Å². The zero-order valence-electron chi connectivity index (χ0n) is 7.17. The molecule has 0 aliphatic carbocycles. The standard InChI is InChI=1S/C7H9O5PS/c8-13(9,10)3-6-7-5(4-14-6)11-1-2-12-7/h4H,1-3H2,(H2,8,9,10). The molecule has 0 saturated heterocycles. The maximum absolute atomic E-state index is 10.8. The molecule has 0 amide bonds. The molecule has 14 heavy (non-hydrogen) atoms. The minimum Gasteiger partial charge on any atom is -0.485 e. The fraction of sp³-hybridized carbons (Fsp3) is 0.429. The zero-order chi connectivity index (χ0) is 10.2. The molecule has 0 fully saturated rings. The van der Waals surface area contributed by atoms with Crippen LogP contribution in [-0.4, -0.2) is 23.0 Å². The highest BCUT2D eigenvalue weighted by atomic mass is 32.1. The molecule has 1 aromatic rings. The number of rotatable bonds is 2. The van der Waals surface area contributed by atoms with Crippen molar-refractivity contribution in [1.29, 1.82) is 0 Å². The van der Waals surface area contributed by atoms with Crippen LogP contribution in [0, 0.1) is 0 Å². The first-order valence-electron chi connectivity index (χ1n) is 3.97. The van der Waals surface area contributed by atoms with E-state index >= 15 is 0 Å². The van der Waals surface area contributed by atoms with Crippen molar-refractivity contribution in [3.05, 3.63) is 10.3 Å². The third-order valence-electron chi connectivity index (χ3n) is 1.72. The highest BCUT2D eigenvalue weighted by Gasteiger charge is 2.24. The van der Waals surface area contributed by atoms with Crippen LogP contribution in [0.2, 0.25) is 0 Å². The molecule has 78 valence electrons. The van der Waals surface area contributed by atoms with Crippen LogP contribution in [0.1, 0.15) is 4.88 Å². The highest BCUT2D eigenvalue weighted by Crippen LogP contribution is 2.48. The van der Waals surface area contributed by atoms with Crippen molar-refractivity contribution in [1.82, 2.24) is 0 Å². The summed E-state index contributed by atoms with van der Waals surface area (Å²) in [4.78, 5) is 18.2. The molecule has 5 nitrogen and oxygen atoms in total. The van der Waals surface area contributed by atoms with E-state index in [-0.39, 0.29) is 6.16 Å². The van der Waals surface area contributed by atoms with Crippen LogP contribution in [0.4, 0.5) is 0 Å². The number of hydrogen-bond acceptors (Lipinski definition) is 4. The Morgan fingerprint density at radius 1 is 1.43 bits per heavy atom. The van der Waals surface area contributed by atoms with E-state index in [4.69, 9.17) is 19.3 Å². The van der Waals surface area contributed by atoms with Crippen molar-refractivity contribution < 1.29 is 23.8 Å². The van der Waals surface area contributed by atoms with Crippen molar-refractivity contribution in [2.45, 2.75) is 6.16 Å². The molecule has 2 N–H and O–H groups in total. The predicted octanol–water partition coefficient (Wildman–Crippen LogP) is 1.20. The lowest BCUT2D eigenvalue weighted by Gasteiger charge is -2.16. The summed E-state index contributed by atoms with van der Waals surface area (Å²) in [5.74, 6) is 1.08. The molecule has 0 unspecified atom stereocenters. The average Bonchev–Trinajstić information content (AvgIpc) is 2.47. The minimum absolute atomic E-state index is 0.281. The Bertz CT molecular complexity index is 381. The van der Waals surface area contributed by atoms with E-state index in [2.05, 4.69) is 0 Å². The first kappa shape index (κ1) is 9.98. The fourth-order valence-corrected chi connectivity index (χ4v) is 3.22. The maximum atomic E-state index is 10.8. The normalized spacial score (nSPS) is 15.6. The Hall–Kier alpha value is -0.550. The molecule has 0 bridgehead atoms.